The van der Waals surface area contributed by atoms with Crippen LogP contribution in [0.1, 0.15) is 24.7 Å². The number of fused-ring (bicyclic) bond motifs is 1. The molecule has 3 rings (SSSR count). The van der Waals surface area contributed by atoms with E-state index in [-0.39, 0.29) is 0 Å². The summed E-state index contributed by atoms with van der Waals surface area (Å²) in [4.78, 5) is 17.9. The lowest BCUT2D eigenvalue weighted by Gasteiger charge is -2.28. The molecule has 0 N–H and O–H groups in total. The molecule has 1 aromatic heterocycles. The van der Waals surface area contributed by atoms with Gasteiger partial charge in [0.15, 0.2) is 0 Å². The first kappa shape index (κ1) is 16.0. The van der Waals surface area contributed by atoms with Crippen LogP contribution in [0.3, 0.4) is 0 Å². The van der Waals surface area contributed by atoms with Crippen molar-refractivity contribution in [3.05, 3.63) is 46.7 Å². The summed E-state index contributed by atoms with van der Waals surface area (Å²) in [5.41, 5.74) is 6.10. The molecule has 0 atom stereocenters. The molecule has 0 unspecified atom stereocenters. The molecule has 0 spiro atoms. The van der Waals surface area contributed by atoms with E-state index in [9.17, 15) is 0 Å². The van der Waals surface area contributed by atoms with Gasteiger partial charge in [0, 0.05) is 63.7 Å². The van der Waals surface area contributed by atoms with E-state index in [2.05, 4.69) is 51.5 Å². The second-order valence-electron chi connectivity index (χ2n) is 6.52. The third-order valence-electron chi connectivity index (χ3n) is 4.52. The minimum absolute atomic E-state index is 0.889. The predicted octanol–water partition coefficient (Wildman–Crippen LogP) is 2.07. The molecule has 0 saturated heterocycles. The van der Waals surface area contributed by atoms with Crippen LogP contribution < -0.4 is 0 Å². The molecule has 0 bridgehead atoms. The van der Waals surface area contributed by atoms with Crippen LogP contribution in [-0.4, -0.2) is 59.7 Å². The minimum atomic E-state index is 0.889. The highest BCUT2D eigenvalue weighted by Crippen LogP contribution is 2.21. The van der Waals surface area contributed by atoms with Gasteiger partial charge in [-0.3, -0.25) is 19.9 Å². The maximum Gasteiger partial charge on any atom is 0.0759 e. The van der Waals surface area contributed by atoms with Crippen molar-refractivity contribution in [3.63, 3.8) is 0 Å². The van der Waals surface area contributed by atoms with Crippen LogP contribution in [0.25, 0.3) is 0 Å². The largest absolute Gasteiger partial charge is 0.302 e. The predicted molar refractivity (Wildman–Crippen MR) is 93.5 cm³/mol. The van der Waals surface area contributed by atoms with Crippen molar-refractivity contribution in [2.24, 2.45) is 4.99 Å². The first-order valence-corrected chi connectivity index (χ1v) is 8.21. The number of likely N-dealkylation sites (N-methyl/N-ethyl adjacent to an activating group) is 1. The SMILES string of the molecule is C=NC1=C(/C=C(\C)CN2CCc3nccnc3C2)CN(C)CC1. The van der Waals surface area contributed by atoms with Gasteiger partial charge in [-0.15, -0.1) is 0 Å². The highest BCUT2D eigenvalue weighted by atomic mass is 15.1. The Balaban J connectivity index is 1.68. The molecule has 0 amide bonds. The molecule has 5 nitrogen and oxygen atoms in total. The van der Waals surface area contributed by atoms with Crippen LogP contribution in [0.5, 0.6) is 0 Å². The molecule has 3 heterocycles. The maximum absolute atomic E-state index is 4.46. The zero-order chi connectivity index (χ0) is 16.2. The molecule has 0 aliphatic carbocycles. The van der Waals surface area contributed by atoms with Gasteiger partial charge in [-0.25, -0.2) is 0 Å². The fourth-order valence-corrected chi connectivity index (χ4v) is 3.35. The van der Waals surface area contributed by atoms with Gasteiger partial charge < -0.3 is 4.90 Å². The van der Waals surface area contributed by atoms with Crippen molar-refractivity contribution in [1.29, 1.82) is 0 Å². The van der Waals surface area contributed by atoms with E-state index in [4.69, 9.17) is 0 Å². The van der Waals surface area contributed by atoms with Crippen LogP contribution in [0.2, 0.25) is 0 Å². The molecule has 2 aliphatic rings. The number of aliphatic imine (C=N–C) groups is 1. The summed E-state index contributed by atoms with van der Waals surface area (Å²) in [7, 11) is 2.16. The zero-order valence-electron chi connectivity index (χ0n) is 14.1. The molecular formula is C18H25N5. The Kier molecular flexibility index (Phi) is 4.98. The average molecular weight is 311 g/mol. The average Bonchev–Trinajstić information content (AvgIpc) is 2.55. The van der Waals surface area contributed by atoms with Crippen LogP contribution in [0.4, 0.5) is 0 Å². The fourth-order valence-electron chi connectivity index (χ4n) is 3.35. The monoisotopic (exact) mass is 311 g/mol. The number of aromatic nitrogens is 2. The van der Waals surface area contributed by atoms with Crippen molar-refractivity contribution < 1.29 is 0 Å². The Morgan fingerprint density at radius 3 is 2.78 bits per heavy atom. The zero-order valence-corrected chi connectivity index (χ0v) is 14.1. The summed E-state index contributed by atoms with van der Waals surface area (Å²) in [6.07, 6.45) is 7.85. The van der Waals surface area contributed by atoms with E-state index in [0.717, 1.165) is 62.7 Å². The third-order valence-corrected chi connectivity index (χ3v) is 4.52. The second-order valence-corrected chi connectivity index (χ2v) is 6.52. The Bertz CT molecular complexity index is 647. The van der Waals surface area contributed by atoms with E-state index in [0.29, 0.717) is 0 Å². The van der Waals surface area contributed by atoms with E-state index in [1.807, 2.05) is 0 Å². The Morgan fingerprint density at radius 1 is 1.22 bits per heavy atom. The van der Waals surface area contributed by atoms with Gasteiger partial charge in [0.2, 0.25) is 0 Å². The summed E-state index contributed by atoms with van der Waals surface area (Å²) in [6.45, 7) is 10.8. The number of rotatable bonds is 4. The van der Waals surface area contributed by atoms with E-state index < -0.39 is 0 Å². The summed E-state index contributed by atoms with van der Waals surface area (Å²) in [5.74, 6) is 0. The second kappa shape index (κ2) is 7.15. The fraction of sp³-hybridized carbons (Fsp3) is 0.500. The van der Waals surface area contributed by atoms with Crippen LogP contribution in [0.15, 0.2) is 40.3 Å². The molecule has 5 heteroatoms. The maximum atomic E-state index is 4.46. The Labute approximate surface area is 138 Å². The summed E-state index contributed by atoms with van der Waals surface area (Å²) < 4.78 is 0. The molecule has 0 aromatic carbocycles. The quantitative estimate of drug-likeness (QED) is 0.799. The molecular weight excluding hydrogens is 286 g/mol. The molecule has 1 aromatic rings. The minimum Gasteiger partial charge on any atom is -0.302 e. The highest BCUT2D eigenvalue weighted by Gasteiger charge is 2.19. The van der Waals surface area contributed by atoms with Gasteiger partial charge in [0.05, 0.1) is 11.4 Å². The van der Waals surface area contributed by atoms with Crippen molar-refractivity contribution >= 4 is 6.72 Å². The topological polar surface area (TPSA) is 44.6 Å². The molecule has 23 heavy (non-hydrogen) atoms. The lowest BCUT2D eigenvalue weighted by molar-refractivity contribution is 0.268. The normalized spacial score (nSPS) is 20.5. The molecule has 122 valence electrons. The van der Waals surface area contributed by atoms with E-state index >= 15 is 0 Å². The van der Waals surface area contributed by atoms with Gasteiger partial charge in [-0.05, 0) is 26.3 Å². The lowest BCUT2D eigenvalue weighted by atomic mass is 10.0. The first-order chi connectivity index (χ1) is 11.2. The first-order valence-electron chi connectivity index (χ1n) is 8.21. The standard InChI is InChI=1S/C18H25N5/c1-14(10-15-12-22(3)8-4-16(15)19-2)11-23-9-5-17-18(13-23)21-7-6-20-17/h6-7,10H,2,4-5,8-9,11-13H2,1,3H3/b14-10+. The van der Waals surface area contributed by atoms with Gasteiger partial charge in [-0.1, -0.05) is 11.6 Å². The Morgan fingerprint density at radius 2 is 2.00 bits per heavy atom. The summed E-state index contributed by atoms with van der Waals surface area (Å²) in [6, 6.07) is 0. The smallest absolute Gasteiger partial charge is 0.0759 e. The van der Waals surface area contributed by atoms with Crippen molar-refractivity contribution in [2.75, 3.05) is 33.2 Å². The van der Waals surface area contributed by atoms with E-state index in [1.54, 1.807) is 12.4 Å². The number of hydrogen-bond acceptors (Lipinski definition) is 5. The van der Waals surface area contributed by atoms with E-state index in [1.165, 1.54) is 11.1 Å². The van der Waals surface area contributed by atoms with Gasteiger partial charge >= 0.3 is 0 Å². The molecule has 2 aliphatic heterocycles. The van der Waals surface area contributed by atoms with Crippen molar-refractivity contribution in [3.8, 4) is 0 Å². The van der Waals surface area contributed by atoms with Gasteiger partial charge in [0.1, 0.15) is 0 Å². The van der Waals surface area contributed by atoms with Crippen LogP contribution in [0, 0.1) is 0 Å². The van der Waals surface area contributed by atoms with Gasteiger partial charge in [0.25, 0.3) is 0 Å². The number of nitrogens with zero attached hydrogens (tertiary/aromatic N) is 5. The van der Waals surface area contributed by atoms with Crippen LogP contribution >= 0.6 is 0 Å². The molecule has 0 radical (unpaired) electrons. The van der Waals surface area contributed by atoms with Crippen molar-refractivity contribution in [1.82, 2.24) is 19.8 Å². The van der Waals surface area contributed by atoms with Crippen LogP contribution in [-0.2, 0) is 13.0 Å². The lowest BCUT2D eigenvalue weighted by Crippen LogP contribution is -2.33. The summed E-state index contributed by atoms with van der Waals surface area (Å²) in [5, 5.41) is 0. The summed E-state index contributed by atoms with van der Waals surface area (Å²) >= 11 is 0. The number of hydrogen-bond donors (Lipinski definition) is 0. The van der Waals surface area contributed by atoms with Gasteiger partial charge in [-0.2, -0.15) is 0 Å². The Hall–Kier alpha value is -1.85. The molecule has 0 saturated carbocycles. The molecule has 0 fully saturated rings. The third kappa shape index (κ3) is 3.92. The highest BCUT2D eigenvalue weighted by molar-refractivity contribution is 5.37. The van der Waals surface area contributed by atoms with Crippen molar-refractivity contribution in [2.45, 2.75) is 26.3 Å².